The summed E-state index contributed by atoms with van der Waals surface area (Å²) in [4.78, 5) is 24.6. The van der Waals surface area contributed by atoms with E-state index in [0.29, 0.717) is 33.1 Å². The lowest BCUT2D eigenvalue weighted by Crippen LogP contribution is -2.17. The smallest absolute Gasteiger partial charge is 0.234 e. The number of benzene rings is 2. The molecule has 0 spiro atoms. The first kappa shape index (κ1) is 23.1. The van der Waals surface area contributed by atoms with Crippen LogP contribution in [0.1, 0.15) is 5.82 Å². The Balaban J connectivity index is 1.55. The maximum Gasteiger partial charge on any atom is 0.234 e. The Morgan fingerprint density at radius 1 is 1.16 bits per heavy atom. The number of carbonyl (C=O) groups excluding carboxylic acids is 2. The first-order valence-electron chi connectivity index (χ1n) is 9.06. The van der Waals surface area contributed by atoms with Crippen molar-refractivity contribution >= 4 is 62.5 Å². The number of hydrogen-bond donors (Lipinski definition) is 2. The molecule has 2 amide bonds. The average Bonchev–Trinajstić information content (AvgIpc) is 3.09. The van der Waals surface area contributed by atoms with Gasteiger partial charge in [0.25, 0.3) is 0 Å². The Labute approximate surface area is 196 Å². The highest BCUT2D eigenvalue weighted by Gasteiger charge is 2.16. The minimum absolute atomic E-state index is 0.0334. The third-order valence-corrected chi connectivity index (χ3v) is 6.41. The number of hydrogen-bond acceptors (Lipinski definition) is 6. The summed E-state index contributed by atoms with van der Waals surface area (Å²) in [5.74, 6) is 0.731. The van der Waals surface area contributed by atoms with Crippen LogP contribution in [0, 0.1) is 0 Å². The molecule has 2 N–H and O–H groups in total. The molecule has 3 rings (SSSR count). The number of nitrogens with zero attached hydrogens (tertiary/aromatic N) is 3. The van der Waals surface area contributed by atoms with Gasteiger partial charge in [-0.25, -0.2) is 0 Å². The van der Waals surface area contributed by atoms with E-state index in [2.05, 4.69) is 36.8 Å². The van der Waals surface area contributed by atoms with Crippen LogP contribution in [0.3, 0.4) is 0 Å². The Kier molecular flexibility index (Phi) is 7.94. The molecule has 0 aliphatic rings. The largest absolute Gasteiger partial charge is 0.495 e. The lowest BCUT2D eigenvalue weighted by molar-refractivity contribution is -0.116. The van der Waals surface area contributed by atoms with Crippen molar-refractivity contribution < 1.29 is 14.3 Å². The second-order valence-corrected chi connectivity index (χ2v) is 8.55. The summed E-state index contributed by atoms with van der Waals surface area (Å²) in [5.41, 5.74) is 1.18. The molecule has 0 radical (unpaired) electrons. The van der Waals surface area contributed by atoms with Crippen LogP contribution in [0.5, 0.6) is 5.75 Å². The summed E-state index contributed by atoms with van der Waals surface area (Å²) in [5, 5.41) is 14.8. The first-order chi connectivity index (χ1) is 14.9. The third kappa shape index (κ3) is 6.22. The van der Waals surface area contributed by atoms with Gasteiger partial charge in [0, 0.05) is 17.2 Å². The van der Waals surface area contributed by atoms with Crippen molar-refractivity contribution in [2.24, 2.45) is 7.05 Å². The number of aromatic nitrogens is 3. The van der Waals surface area contributed by atoms with E-state index in [-0.39, 0.29) is 24.0 Å². The quantitative estimate of drug-likeness (QED) is 0.430. The van der Waals surface area contributed by atoms with Crippen molar-refractivity contribution in [2.45, 2.75) is 11.6 Å². The highest BCUT2D eigenvalue weighted by molar-refractivity contribution is 9.10. The highest BCUT2D eigenvalue weighted by atomic mass is 79.9. The topological polar surface area (TPSA) is 98.1 Å². The lowest BCUT2D eigenvalue weighted by atomic mass is 10.2. The maximum atomic E-state index is 12.4. The molecule has 2 aromatic carbocycles. The van der Waals surface area contributed by atoms with Gasteiger partial charge in [0.05, 0.1) is 30.0 Å². The van der Waals surface area contributed by atoms with Gasteiger partial charge in [-0.15, -0.1) is 10.2 Å². The van der Waals surface area contributed by atoms with Crippen LogP contribution >= 0.6 is 39.3 Å². The van der Waals surface area contributed by atoms with Crippen molar-refractivity contribution in [3.8, 4) is 5.75 Å². The predicted molar refractivity (Wildman–Crippen MR) is 125 cm³/mol. The van der Waals surface area contributed by atoms with E-state index < -0.39 is 0 Å². The summed E-state index contributed by atoms with van der Waals surface area (Å²) in [6, 6.07) is 12.3. The molecular formula is C20H19BrClN5O3S. The lowest BCUT2D eigenvalue weighted by Gasteiger charge is -2.09. The van der Waals surface area contributed by atoms with E-state index in [1.807, 2.05) is 12.1 Å². The number of nitrogens with one attached hydrogen (secondary N) is 2. The van der Waals surface area contributed by atoms with Crippen LogP contribution < -0.4 is 15.4 Å². The van der Waals surface area contributed by atoms with E-state index in [0.717, 1.165) is 4.47 Å². The molecule has 0 saturated carbocycles. The molecule has 1 aromatic heterocycles. The first-order valence-corrected chi connectivity index (χ1v) is 11.2. The molecule has 3 aromatic rings. The predicted octanol–water partition coefficient (Wildman–Crippen LogP) is 4.15. The van der Waals surface area contributed by atoms with E-state index >= 15 is 0 Å². The number of anilines is 2. The monoisotopic (exact) mass is 523 g/mol. The van der Waals surface area contributed by atoms with E-state index in [9.17, 15) is 9.59 Å². The second kappa shape index (κ2) is 10.7. The second-order valence-electron chi connectivity index (χ2n) is 6.35. The molecule has 0 saturated heterocycles. The highest BCUT2D eigenvalue weighted by Crippen LogP contribution is 2.26. The zero-order valence-electron chi connectivity index (χ0n) is 16.7. The molecule has 8 nitrogen and oxygen atoms in total. The molecule has 0 atom stereocenters. The van der Waals surface area contributed by atoms with Gasteiger partial charge < -0.3 is 19.9 Å². The number of halogens is 2. The van der Waals surface area contributed by atoms with Crippen molar-refractivity contribution in [1.82, 2.24) is 14.8 Å². The summed E-state index contributed by atoms with van der Waals surface area (Å²) in [6.45, 7) is 0. The van der Waals surface area contributed by atoms with Gasteiger partial charge in [-0.2, -0.15) is 0 Å². The van der Waals surface area contributed by atoms with Gasteiger partial charge in [-0.3, -0.25) is 9.59 Å². The van der Waals surface area contributed by atoms with Crippen molar-refractivity contribution in [2.75, 3.05) is 23.5 Å². The SMILES string of the molecule is COc1ccccc1NC(=O)Cc1nnc(SCC(=O)Nc2ccc(Br)c(Cl)c2)n1C. The molecule has 0 aliphatic heterocycles. The number of methoxy groups -OCH3 is 1. The summed E-state index contributed by atoms with van der Waals surface area (Å²) >= 11 is 10.6. The standard InChI is InChI=1S/C20H19BrClN5O3S/c1-27-17(10-18(28)24-15-5-3-4-6-16(15)30-2)25-26-20(27)31-11-19(29)23-12-7-8-13(21)14(22)9-12/h3-9H,10-11H2,1-2H3,(H,23,29)(H,24,28). The molecule has 0 fully saturated rings. The van der Waals surface area contributed by atoms with Crippen molar-refractivity contribution in [3.63, 3.8) is 0 Å². The van der Waals surface area contributed by atoms with Crippen LogP contribution in [0.15, 0.2) is 52.1 Å². The number of thioether (sulfide) groups is 1. The molecule has 11 heteroatoms. The van der Waals surface area contributed by atoms with Gasteiger partial charge in [-0.05, 0) is 46.3 Å². The zero-order valence-corrected chi connectivity index (χ0v) is 19.8. The molecular weight excluding hydrogens is 506 g/mol. The Morgan fingerprint density at radius 3 is 2.68 bits per heavy atom. The number of rotatable bonds is 8. The number of amides is 2. The normalized spacial score (nSPS) is 10.6. The van der Waals surface area contributed by atoms with Crippen LogP contribution in [0.4, 0.5) is 11.4 Å². The van der Waals surface area contributed by atoms with Crippen LogP contribution in [-0.4, -0.2) is 39.4 Å². The summed E-state index contributed by atoms with van der Waals surface area (Å²) < 4.78 is 7.68. The van der Waals surface area contributed by atoms with E-state index in [1.54, 1.807) is 49.1 Å². The van der Waals surface area contributed by atoms with Crippen LogP contribution in [0.25, 0.3) is 0 Å². The van der Waals surface area contributed by atoms with Gasteiger partial charge >= 0.3 is 0 Å². The van der Waals surface area contributed by atoms with Gasteiger partial charge in [0.2, 0.25) is 11.8 Å². The summed E-state index contributed by atoms with van der Waals surface area (Å²) in [7, 11) is 3.29. The fourth-order valence-electron chi connectivity index (χ4n) is 2.61. The molecule has 31 heavy (non-hydrogen) atoms. The Bertz CT molecular complexity index is 1110. The average molecular weight is 525 g/mol. The summed E-state index contributed by atoms with van der Waals surface area (Å²) in [6.07, 6.45) is 0.0334. The Hall–Kier alpha value is -2.56. The maximum absolute atomic E-state index is 12.4. The minimum atomic E-state index is -0.249. The molecule has 1 heterocycles. The number of ether oxygens (including phenoxy) is 1. The van der Waals surface area contributed by atoms with E-state index in [4.69, 9.17) is 16.3 Å². The van der Waals surface area contributed by atoms with Gasteiger partial charge in [0.1, 0.15) is 11.6 Å². The molecule has 0 aliphatic carbocycles. The third-order valence-electron chi connectivity index (χ3n) is 4.16. The van der Waals surface area contributed by atoms with Crippen LogP contribution in [0.2, 0.25) is 5.02 Å². The van der Waals surface area contributed by atoms with Crippen molar-refractivity contribution in [1.29, 1.82) is 0 Å². The van der Waals surface area contributed by atoms with E-state index in [1.165, 1.54) is 11.8 Å². The minimum Gasteiger partial charge on any atom is -0.495 e. The molecule has 0 unspecified atom stereocenters. The molecule has 162 valence electrons. The number of para-hydroxylation sites is 2. The number of carbonyl (C=O) groups is 2. The fraction of sp³-hybridized carbons (Fsp3) is 0.200. The van der Waals surface area contributed by atoms with Gasteiger partial charge in [-0.1, -0.05) is 35.5 Å². The van der Waals surface area contributed by atoms with Gasteiger partial charge in [0.15, 0.2) is 5.16 Å². The van der Waals surface area contributed by atoms with Crippen molar-refractivity contribution in [3.05, 3.63) is 57.8 Å². The zero-order chi connectivity index (χ0) is 22.4. The van der Waals surface area contributed by atoms with Crippen LogP contribution in [-0.2, 0) is 23.1 Å². The Morgan fingerprint density at radius 2 is 1.94 bits per heavy atom. The fourth-order valence-corrected chi connectivity index (χ4v) is 3.77. The molecule has 0 bridgehead atoms.